The summed E-state index contributed by atoms with van der Waals surface area (Å²) in [6, 6.07) is 0. The second kappa shape index (κ2) is 3.78. The molecule has 1 aliphatic heterocycles. The first-order chi connectivity index (χ1) is 4.15. The molecule has 0 bridgehead atoms. The third kappa shape index (κ3) is 2.00. The van der Waals surface area contributed by atoms with Gasteiger partial charge in [0.05, 0.1) is 13.2 Å². The first kappa shape index (κ1) is 10.5. The number of rotatable bonds is 1. The van der Waals surface area contributed by atoms with Crippen molar-refractivity contribution in [2.24, 2.45) is 5.92 Å². The van der Waals surface area contributed by atoms with Gasteiger partial charge in [0, 0.05) is 0 Å². The van der Waals surface area contributed by atoms with E-state index in [-0.39, 0.29) is 24.8 Å². The van der Waals surface area contributed by atoms with E-state index in [1.807, 2.05) is 13.8 Å². The molecule has 3 heteroatoms. The van der Waals surface area contributed by atoms with E-state index in [0.29, 0.717) is 13.2 Å². The summed E-state index contributed by atoms with van der Waals surface area (Å²) in [6.45, 7) is 9.17. The molecule has 0 amide bonds. The van der Waals surface area contributed by atoms with Crippen molar-refractivity contribution in [3.8, 4) is 0 Å². The molecule has 1 rings (SSSR count). The topological polar surface area (TPSA) is 18.5 Å². The molecule has 0 spiro atoms. The zero-order chi connectivity index (χ0) is 6.91. The van der Waals surface area contributed by atoms with Gasteiger partial charge in [-0.15, -0.1) is 5.92 Å². The third-order valence-electron chi connectivity index (χ3n) is 1.76. The van der Waals surface area contributed by atoms with E-state index in [1.165, 1.54) is 0 Å². The molecule has 0 radical (unpaired) electrons. The molecule has 1 saturated heterocycles. The SMILES string of the molecule is [CH2-]C(C)C1(C)OCCO1.[Li+]. The van der Waals surface area contributed by atoms with E-state index >= 15 is 0 Å². The molecule has 54 valence electrons. The third-order valence-corrected chi connectivity index (χ3v) is 1.76. The van der Waals surface area contributed by atoms with E-state index in [0.717, 1.165) is 0 Å². The van der Waals surface area contributed by atoms with Crippen LogP contribution in [0.1, 0.15) is 13.8 Å². The van der Waals surface area contributed by atoms with Gasteiger partial charge in [-0.1, -0.05) is 6.92 Å². The fraction of sp³-hybridized carbons (Fsp3) is 0.857. The van der Waals surface area contributed by atoms with Gasteiger partial charge in [0.25, 0.3) is 0 Å². The molecule has 10 heavy (non-hydrogen) atoms. The quantitative estimate of drug-likeness (QED) is 0.313. The number of ether oxygens (including phenoxy) is 2. The molecule has 0 saturated carbocycles. The molecule has 1 unspecified atom stereocenters. The molecule has 1 fully saturated rings. The zero-order valence-electron chi connectivity index (χ0n) is 7.02. The second-order valence-electron chi connectivity index (χ2n) is 2.61. The van der Waals surface area contributed by atoms with Crippen molar-refractivity contribution in [2.75, 3.05) is 13.2 Å². The molecule has 0 aromatic heterocycles. The summed E-state index contributed by atoms with van der Waals surface area (Å²) in [5, 5.41) is 0. The molecule has 0 aliphatic carbocycles. The Morgan fingerprint density at radius 1 is 1.40 bits per heavy atom. The Labute approximate surface area is 74.4 Å². The van der Waals surface area contributed by atoms with E-state index in [4.69, 9.17) is 9.47 Å². The number of hydrogen-bond acceptors (Lipinski definition) is 2. The molecule has 2 nitrogen and oxygen atoms in total. The van der Waals surface area contributed by atoms with Crippen LogP contribution in [-0.4, -0.2) is 19.0 Å². The Hall–Kier alpha value is 0.517. The normalized spacial score (nSPS) is 25.5. The molecule has 0 aromatic carbocycles. The molecular formula is C7H13LiO2. The Kier molecular flexibility index (Phi) is 3.97. The summed E-state index contributed by atoms with van der Waals surface area (Å²) in [7, 11) is 0. The smallest absolute Gasteiger partial charge is 0.350 e. The van der Waals surface area contributed by atoms with Crippen molar-refractivity contribution in [2.45, 2.75) is 19.6 Å². The van der Waals surface area contributed by atoms with Crippen LogP contribution in [0.2, 0.25) is 0 Å². The fourth-order valence-corrected chi connectivity index (χ4v) is 0.815. The molecular weight excluding hydrogens is 123 g/mol. The van der Waals surface area contributed by atoms with Gasteiger partial charge >= 0.3 is 18.9 Å². The summed E-state index contributed by atoms with van der Waals surface area (Å²) >= 11 is 0. The van der Waals surface area contributed by atoms with Crippen molar-refractivity contribution in [3.63, 3.8) is 0 Å². The summed E-state index contributed by atoms with van der Waals surface area (Å²) in [6.07, 6.45) is 0. The van der Waals surface area contributed by atoms with Crippen LogP contribution >= 0.6 is 0 Å². The van der Waals surface area contributed by atoms with Crippen molar-refractivity contribution in [1.29, 1.82) is 0 Å². The standard InChI is InChI=1S/C7H13O2.Li/c1-6(2)7(3)8-4-5-9-7;/h6H,1,4-5H2,2-3H3;/q-1;+1. The van der Waals surface area contributed by atoms with Gasteiger partial charge in [0.2, 0.25) is 0 Å². The van der Waals surface area contributed by atoms with E-state index in [1.54, 1.807) is 0 Å². The van der Waals surface area contributed by atoms with Crippen LogP contribution in [0.3, 0.4) is 0 Å². The maximum Gasteiger partial charge on any atom is 1.00 e. The van der Waals surface area contributed by atoms with Crippen LogP contribution in [0, 0.1) is 12.8 Å². The van der Waals surface area contributed by atoms with Crippen molar-refractivity contribution in [3.05, 3.63) is 6.92 Å². The minimum atomic E-state index is -0.417. The van der Waals surface area contributed by atoms with Gasteiger partial charge < -0.3 is 16.4 Å². The monoisotopic (exact) mass is 136 g/mol. The Morgan fingerprint density at radius 2 is 1.80 bits per heavy atom. The zero-order valence-corrected chi connectivity index (χ0v) is 7.02. The summed E-state index contributed by atoms with van der Waals surface area (Å²) in [4.78, 5) is 0. The van der Waals surface area contributed by atoms with Gasteiger partial charge in [-0.2, -0.15) is 0 Å². The van der Waals surface area contributed by atoms with Crippen LogP contribution in [0.4, 0.5) is 0 Å². The molecule has 1 heterocycles. The van der Waals surface area contributed by atoms with Crippen molar-refractivity contribution in [1.82, 2.24) is 0 Å². The predicted molar refractivity (Wildman–Crippen MR) is 34.8 cm³/mol. The van der Waals surface area contributed by atoms with Gasteiger partial charge in [-0.3, -0.25) is 0 Å². The first-order valence-electron chi connectivity index (χ1n) is 3.26. The fourth-order valence-electron chi connectivity index (χ4n) is 0.815. The van der Waals surface area contributed by atoms with Gasteiger partial charge in [-0.05, 0) is 6.92 Å². The molecule has 0 aromatic rings. The molecule has 0 N–H and O–H groups in total. The summed E-state index contributed by atoms with van der Waals surface area (Å²) in [5.74, 6) is -0.222. The first-order valence-corrected chi connectivity index (χ1v) is 3.26. The van der Waals surface area contributed by atoms with Crippen molar-refractivity contribution < 1.29 is 28.3 Å². The van der Waals surface area contributed by atoms with E-state index in [9.17, 15) is 0 Å². The maximum atomic E-state index is 5.32. The maximum absolute atomic E-state index is 5.32. The average molecular weight is 136 g/mol. The van der Waals surface area contributed by atoms with Gasteiger partial charge in [0.15, 0.2) is 0 Å². The van der Waals surface area contributed by atoms with Gasteiger partial charge in [-0.25, -0.2) is 0 Å². The summed E-state index contributed by atoms with van der Waals surface area (Å²) < 4.78 is 10.6. The average Bonchev–Trinajstić information content (AvgIpc) is 2.16. The van der Waals surface area contributed by atoms with Crippen LogP contribution in [0.5, 0.6) is 0 Å². The van der Waals surface area contributed by atoms with Crippen LogP contribution < -0.4 is 18.9 Å². The van der Waals surface area contributed by atoms with Crippen LogP contribution in [0.25, 0.3) is 0 Å². The van der Waals surface area contributed by atoms with Gasteiger partial charge in [0.1, 0.15) is 5.79 Å². The van der Waals surface area contributed by atoms with Crippen molar-refractivity contribution >= 4 is 0 Å². The van der Waals surface area contributed by atoms with Crippen LogP contribution in [-0.2, 0) is 9.47 Å². The molecule has 1 aliphatic rings. The minimum Gasteiger partial charge on any atom is -0.350 e. The molecule has 1 atom stereocenters. The number of hydrogen-bond donors (Lipinski definition) is 0. The van der Waals surface area contributed by atoms with E-state index in [2.05, 4.69) is 6.92 Å². The largest absolute Gasteiger partial charge is 1.00 e. The Bertz CT molecular complexity index is 97.8. The van der Waals surface area contributed by atoms with E-state index < -0.39 is 5.79 Å². The Balaban J connectivity index is 0.000000810. The second-order valence-corrected chi connectivity index (χ2v) is 2.61. The van der Waals surface area contributed by atoms with Crippen LogP contribution in [0.15, 0.2) is 0 Å². The predicted octanol–water partition coefficient (Wildman–Crippen LogP) is -1.78. The Morgan fingerprint density at radius 3 is 2.00 bits per heavy atom. The minimum absolute atomic E-state index is 0. The summed E-state index contributed by atoms with van der Waals surface area (Å²) in [5.41, 5.74) is 0.